The first-order chi connectivity index (χ1) is 8.22. The molecule has 0 heterocycles. The zero-order chi connectivity index (χ0) is 12.7. The second-order valence-corrected chi connectivity index (χ2v) is 4.13. The number of hydrogen-bond donors (Lipinski definition) is 1. The van der Waals surface area contributed by atoms with E-state index in [1.165, 1.54) is 0 Å². The van der Waals surface area contributed by atoms with Crippen LogP contribution >= 0.6 is 11.6 Å². The molecule has 1 rings (SSSR count). The van der Waals surface area contributed by atoms with E-state index in [0.717, 1.165) is 24.3 Å². The van der Waals surface area contributed by atoms with Gasteiger partial charge in [0.2, 0.25) is 0 Å². The van der Waals surface area contributed by atoms with E-state index in [1.54, 1.807) is 6.07 Å². The van der Waals surface area contributed by atoms with Crippen molar-refractivity contribution in [3.05, 3.63) is 17.2 Å². The quantitative estimate of drug-likeness (QED) is 0.802. The highest BCUT2D eigenvalue weighted by Gasteiger charge is 2.10. The molecule has 0 saturated heterocycles. The van der Waals surface area contributed by atoms with Crippen molar-refractivity contribution in [1.29, 1.82) is 0 Å². The average Bonchev–Trinajstić information content (AvgIpc) is 2.34. The molecule has 0 bridgehead atoms. The molecular formula is C13H20ClNO2. The van der Waals surface area contributed by atoms with Crippen LogP contribution in [0.25, 0.3) is 0 Å². The SMILES string of the molecule is CCCOc1cc(Cl)c(NC)cc1OCCC. The van der Waals surface area contributed by atoms with Gasteiger partial charge in [-0.15, -0.1) is 0 Å². The summed E-state index contributed by atoms with van der Waals surface area (Å²) in [4.78, 5) is 0. The van der Waals surface area contributed by atoms with Gasteiger partial charge in [-0.25, -0.2) is 0 Å². The molecule has 1 aromatic carbocycles. The second kappa shape index (κ2) is 7.28. The lowest BCUT2D eigenvalue weighted by Crippen LogP contribution is -2.02. The first kappa shape index (κ1) is 14.0. The van der Waals surface area contributed by atoms with E-state index in [2.05, 4.69) is 19.2 Å². The third kappa shape index (κ3) is 4.00. The van der Waals surface area contributed by atoms with Crippen LogP contribution in [-0.2, 0) is 0 Å². The summed E-state index contributed by atoms with van der Waals surface area (Å²) in [5.74, 6) is 1.46. The highest BCUT2D eigenvalue weighted by Crippen LogP contribution is 2.36. The molecule has 3 nitrogen and oxygen atoms in total. The van der Waals surface area contributed by atoms with Crippen LogP contribution in [0.3, 0.4) is 0 Å². The van der Waals surface area contributed by atoms with Crippen molar-refractivity contribution in [3.8, 4) is 11.5 Å². The second-order valence-electron chi connectivity index (χ2n) is 3.73. The Hall–Kier alpha value is -1.09. The van der Waals surface area contributed by atoms with Crippen molar-refractivity contribution in [2.75, 3.05) is 25.6 Å². The Morgan fingerprint density at radius 3 is 2.06 bits per heavy atom. The van der Waals surface area contributed by atoms with Crippen molar-refractivity contribution in [2.45, 2.75) is 26.7 Å². The van der Waals surface area contributed by atoms with Crippen LogP contribution in [0.5, 0.6) is 11.5 Å². The fourth-order valence-corrected chi connectivity index (χ4v) is 1.62. The summed E-state index contributed by atoms with van der Waals surface area (Å²) in [6.07, 6.45) is 1.92. The molecule has 0 fully saturated rings. The van der Waals surface area contributed by atoms with Crippen LogP contribution in [0.1, 0.15) is 26.7 Å². The van der Waals surface area contributed by atoms with Crippen LogP contribution in [0.4, 0.5) is 5.69 Å². The van der Waals surface area contributed by atoms with Crippen LogP contribution in [0.2, 0.25) is 5.02 Å². The Bertz CT molecular complexity index is 356. The van der Waals surface area contributed by atoms with Gasteiger partial charge in [-0.3, -0.25) is 0 Å². The first-order valence-corrected chi connectivity index (χ1v) is 6.37. The fraction of sp³-hybridized carbons (Fsp3) is 0.538. The molecule has 0 saturated carbocycles. The van der Waals surface area contributed by atoms with Crippen molar-refractivity contribution >= 4 is 17.3 Å². The van der Waals surface area contributed by atoms with Gasteiger partial charge in [-0.2, -0.15) is 0 Å². The molecule has 1 N–H and O–H groups in total. The topological polar surface area (TPSA) is 30.5 Å². The highest BCUT2D eigenvalue weighted by molar-refractivity contribution is 6.33. The van der Waals surface area contributed by atoms with Crippen molar-refractivity contribution in [2.24, 2.45) is 0 Å². The molecule has 1 aromatic rings. The van der Waals surface area contributed by atoms with E-state index in [4.69, 9.17) is 21.1 Å². The molecule has 0 atom stereocenters. The predicted octanol–water partition coefficient (Wildman–Crippen LogP) is 3.96. The van der Waals surface area contributed by atoms with Gasteiger partial charge in [0.05, 0.1) is 23.9 Å². The Morgan fingerprint density at radius 1 is 1.06 bits per heavy atom. The van der Waals surface area contributed by atoms with E-state index < -0.39 is 0 Å². The number of hydrogen-bond acceptors (Lipinski definition) is 3. The van der Waals surface area contributed by atoms with E-state index in [1.807, 2.05) is 13.1 Å². The molecule has 4 heteroatoms. The highest BCUT2D eigenvalue weighted by atomic mass is 35.5. The third-order valence-corrected chi connectivity index (χ3v) is 2.54. The summed E-state index contributed by atoms with van der Waals surface area (Å²) in [6, 6.07) is 3.68. The first-order valence-electron chi connectivity index (χ1n) is 5.99. The fourth-order valence-electron chi connectivity index (χ4n) is 1.38. The summed E-state index contributed by atoms with van der Waals surface area (Å²) in [5, 5.41) is 3.67. The Morgan fingerprint density at radius 2 is 1.59 bits per heavy atom. The Labute approximate surface area is 108 Å². The summed E-state index contributed by atoms with van der Waals surface area (Å²) < 4.78 is 11.3. The van der Waals surface area contributed by atoms with Gasteiger partial charge >= 0.3 is 0 Å². The molecule has 0 aliphatic rings. The number of halogens is 1. The number of ether oxygens (including phenoxy) is 2. The van der Waals surface area contributed by atoms with E-state index in [9.17, 15) is 0 Å². The predicted molar refractivity (Wildman–Crippen MR) is 72.6 cm³/mol. The minimum Gasteiger partial charge on any atom is -0.490 e. The van der Waals surface area contributed by atoms with E-state index in [-0.39, 0.29) is 0 Å². The summed E-state index contributed by atoms with van der Waals surface area (Å²) in [6.45, 7) is 5.47. The molecular weight excluding hydrogens is 238 g/mol. The molecule has 96 valence electrons. The minimum absolute atomic E-state index is 0.641. The number of benzene rings is 1. The largest absolute Gasteiger partial charge is 0.490 e. The van der Waals surface area contributed by atoms with Crippen LogP contribution in [0.15, 0.2) is 12.1 Å². The van der Waals surface area contributed by atoms with Gasteiger partial charge < -0.3 is 14.8 Å². The standard InChI is InChI=1S/C13H20ClNO2/c1-4-6-16-12-8-10(14)11(15-3)9-13(12)17-7-5-2/h8-9,15H,4-7H2,1-3H3. The zero-order valence-electron chi connectivity index (χ0n) is 10.7. The lowest BCUT2D eigenvalue weighted by atomic mass is 10.2. The number of nitrogens with one attached hydrogen (secondary N) is 1. The molecule has 0 spiro atoms. The number of anilines is 1. The Balaban J connectivity index is 2.93. The third-order valence-electron chi connectivity index (χ3n) is 2.23. The van der Waals surface area contributed by atoms with Gasteiger partial charge in [0.1, 0.15) is 0 Å². The lowest BCUT2D eigenvalue weighted by molar-refractivity contribution is 0.268. The van der Waals surface area contributed by atoms with Crippen molar-refractivity contribution in [3.63, 3.8) is 0 Å². The molecule has 17 heavy (non-hydrogen) atoms. The van der Waals surface area contributed by atoms with Gasteiger partial charge in [-0.05, 0) is 12.8 Å². The van der Waals surface area contributed by atoms with Gasteiger partial charge in [0.15, 0.2) is 11.5 Å². The number of rotatable bonds is 7. The van der Waals surface area contributed by atoms with Gasteiger partial charge in [-0.1, -0.05) is 25.4 Å². The smallest absolute Gasteiger partial charge is 0.163 e. The molecule has 0 radical (unpaired) electrons. The Kier molecular flexibility index (Phi) is 5.98. The molecule has 0 aromatic heterocycles. The monoisotopic (exact) mass is 257 g/mol. The average molecular weight is 258 g/mol. The van der Waals surface area contributed by atoms with Crippen LogP contribution in [-0.4, -0.2) is 20.3 Å². The van der Waals surface area contributed by atoms with Crippen LogP contribution < -0.4 is 14.8 Å². The van der Waals surface area contributed by atoms with Gasteiger partial charge in [0.25, 0.3) is 0 Å². The molecule has 0 aliphatic carbocycles. The van der Waals surface area contributed by atoms with E-state index >= 15 is 0 Å². The molecule has 0 unspecified atom stereocenters. The van der Waals surface area contributed by atoms with Crippen molar-refractivity contribution < 1.29 is 9.47 Å². The summed E-state index contributed by atoms with van der Waals surface area (Å²) >= 11 is 6.12. The lowest BCUT2D eigenvalue weighted by Gasteiger charge is -2.14. The van der Waals surface area contributed by atoms with Crippen molar-refractivity contribution in [1.82, 2.24) is 0 Å². The van der Waals surface area contributed by atoms with Gasteiger partial charge in [0, 0.05) is 19.2 Å². The maximum atomic E-state index is 6.12. The summed E-state index contributed by atoms with van der Waals surface area (Å²) in [7, 11) is 1.83. The van der Waals surface area contributed by atoms with E-state index in [0.29, 0.717) is 24.0 Å². The maximum Gasteiger partial charge on any atom is 0.163 e. The summed E-state index contributed by atoms with van der Waals surface area (Å²) in [5.41, 5.74) is 0.849. The normalized spacial score (nSPS) is 10.1. The minimum atomic E-state index is 0.641. The molecule has 0 aliphatic heterocycles. The molecule has 0 amide bonds. The van der Waals surface area contributed by atoms with Crippen LogP contribution in [0, 0.1) is 0 Å². The zero-order valence-corrected chi connectivity index (χ0v) is 11.4. The maximum absolute atomic E-state index is 6.12.